The van der Waals surface area contributed by atoms with Crippen LogP contribution in [0.4, 0.5) is 0 Å². The monoisotopic (exact) mass is 236 g/mol. The van der Waals surface area contributed by atoms with Gasteiger partial charge in [0.25, 0.3) is 5.91 Å². The predicted octanol–water partition coefficient (Wildman–Crippen LogP) is 1.83. The van der Waals surface area contributed by atoms with Crippen molar-refractivity contribution >= 4 is 17.5 Å². The maximum Gasteiger partial charge on any atom is 0.267 e. The molecule has 0 saturated carbocycles. The first-order valence-electron chi connectivity index (χ1n) is 4.46. The van der Waals surface area contributed by atoms with Gasteiger partial charge in [0.15, 0.2) is 5.57 Å². The van der Waals surface area contributed by atoms with E-state index in [4.69, 9.17) is 22.0 Å². The summed E-state index contributed by atoms with van der Waals surface area (Å²) in [4.78, 5) is 11.4. The van der Waals surface area contributed by atoms with Crippen LogP contribution in [0.25, 0.3) is 0 Å². The smallest absolute Gasteiger partial charge is 0.267 e. The number of hydrogen-bond acceptors (Lipinski definition) is 3. The van der Waals surface area contributed by atoms with E-state index >= 15 is 0 Å². The Kier molecular flexibility index (Phi) is 4.37. The molecule has 0 aliphatic heterocycles. The van der Waals surface area contributed by atoms with Gasteiger partial charge in [-0.3, -0.25) is 4.79 Å². The van der Waals surface area contributed by atoms with E-state index in [9.17, 15) is 4.79 Å². The first kappa shape index (κ1) is 12.1. The van der Waals surface area contributed by atoms with Gasteiger partial charge < -0.3 is 10.4 Å². The number of rotatable bonds is 3. The van der Waals surface area contributed by atoms with Crippen LogP contribution in [0.2, 0.25) is 0 Å². The average Bonchev–Trinajstić information content (AvgIpc) is 2.28. The van der Waals surface area contributed by atoms with Gasteiger partial charge in [0.05, 0.1) is 0 Å². The number of hydrogen-bond donors (Lipinski definition) is 2. The Labute approximate surface area is 97.8 Å². The van der Waals surface area contributed by atoms with E-state index in [0.29, 0.717) is 0 Å². The highest BCUT2D eigenvalue weighted by molar-refractivity contribution is 6.30. The van der Waals surface area contributed by atoms with Crippen LogP contribution in [0, 0.1) is 11.3 Å². The summed E-state index contributed by atoms with van der Waals surface area (Å²) in [5.74, 6) is -0.696. The fraction of sp³-hybridized carbons (Fsp3) is 0.0909. The minimum absolute atomic E-state index is 0.273. The van der Waals surface area contributed by atoms with Gasteiger partial charge in [-0.25, -0.2) is 0 Å². The lowest BCUT2D eigenvalue weighted by Gasteiger charge is -2.03. The normalized spacial score (nSPS) is 11.2. The third kappa shape index (κ3) is 3.30. The summed E-state index contributed by atoms with van der Waals surface area (Å²) in [6.45, 7) is 0.273. The molecule has 0 atom stereocenters. The average molecular weight is 237 g/mol. The van der Waals surface area contributed by atoms with E-state index in [1.165, 1.54) is 6.07 Å². The van der Waals surface area contributed by atoms with Gasteiger partial charge in [0, 0.05) is 6.54 Å². The molecule has 0 radical (unpaired) electrons. The largest absolute Gasteiger partial charge is 0.497 e. The Morgan fingerprint density at radius 2 is 2.06 bits per heavy atom. The molecule has 0 heterocycles. The Bertz CT molecular complexity index is 445. The van der Waals surface area contributed by atoms with Crippen molar-refractivity contribution in [1.29, 1.82) is 5.26 Å². The second-order valence-electron chi connectivity index (χ2n) is 2.95. The third-order valence-electron chi connectivity index (χ3n) is 1.84. The number of nitriles is 1. The second-order valence-corrected chi connectivity index (χ2v) is 3.30. The van der Waals surface area contributed by atoms with E-state index in [0.717, 1.165) is 5.56 Å². The van der Waals surface area contributed by atoms with Crippen molar-refractivity contribution in [3.8, 4) is 6.07 Å². The van der Waals surface area contributed by atoms with E-state index in [2.05, 4.69) is 5.32 Å². The van der Waals surface area contributed by atoms with Gasteiger partial charge in [0.2, 0.25) is 5.22 Å². The lowest BCUT2D eigenvalue weighted by molar-refractivity contribution is -0.117. The first-order valence-corrected chi connectivity index (χ1v) is 4.84. The maximum atomic E-state index is 11.4. The van der Waals surface area contributed by atoms with E-state index in [-0.39, 0.29) is 6.54 Å². The Morgan fingerprint density at radius 3 is 2.56 bits per heavy atom. The van der Waals surface area contributed by atoms with Crippen LogP contribution in [0.5, 0.6) is 0 Å². The van der Waals surface area contributed by atoms with Crippen molar-refractivity contribution in [2.45, 2.75) is 6.54 Å². The van der Waals surface area contributed by atoms with Gasteiger partial charge in [-0.05, 0) is 17.2 Å². The minimum Gasteiger partial charge on any atom is -0.497 e. The summed E-state index contributed by atoms with van der Waals surface area (Å²) in [5.41, 5.74) is 0.403. The first-order chi connectivity index (χ1) is 7.65. The van der Waals surface area contributed by atoms with Gasteiger partial charge in [-0.2, -0.15) is 5.26 Å². The van der Waals surface area contributed by atoms with Crippen LogP contribution >= 0.6 is 11.6 Å². The van der Waals surface area contributed by atoms with Crippen molar-refractivity contribution in [2.24, 2.45) is 0 Å². The van der Waals surface area contributed by atoms with Crippen LogP contribution < -0.4 is 5.32 Å². The highest BCUT2D eigenvalue weighted by Gasteiger charge is 2.12. The standard InChI is InChI=1S/C11H9ClN2O2/c12-10(15)9(6-13)11(16)14-7-8-4-2-1-3-5-8/h1-5,15H,7H2,(H,14,16). The molecule has 0 aromatic heterocycles. The van der Waals surface area contributed by atoms with Crippen LogP contribution in [-0.2, 0) is 11.3 Å². The number of halogens is 1. The van der Waals surface area contributed by atoms with Crippen molar-refractivity contribution in [3.63, 3.8) is 0 Å². The Morgan fingerprint density at radius 1 is 1.44 bits per heavy atom. The van der Waals surface area contributed by atoms with Gasteiger partial charge in [-0.15, -0.1) is 0 Å². The topological polar surface area (TPSA) is 73.1 Å². The molecule has 16 heavy (non-hydrogen) atoms. The highest BCUT2D eigenvalue weighted by atomic mass is 35.5. The lowest BCUT2D eigenvalue weighted by atomic mass is 10.2. The highest BCUT2D eigenvalue weighted by Crippen LogP contribution is 2.05. The van der Waals surface area contributed by atoms with Gasteiger partial charge >= 0.3 is 0 Å². The molecule has 1 aromatic rings. The zero-order chi connectivity index (χ0) is 12.0. The van der Waals surface area contributed by atoms with Crippen molar-refractivity contribution in [2.75, 3.05) is 0 Å². The molecule has 2 N–H and O–H groups in total. The number of carbonyl (C=O) groups is 1. The molecule has 0 unspecified atom stereocenters. The number of benzene rings is 1. The third-order valence-corrected chi connectivity index (χ3v) is 2.03. The molecule has 4 nitrogen and oxygen atoms in total. The fourth-order valence-corrected chi connectivity index (χ4v) is 1.19. The molecule has 1 aromatic carbocycles. The summed E-state index contributed by atoms with van der Waals surface area (Å²) in [5, 5.41) is 19.1. The Hall–Kier alpha value is -1.99. The van der Waals surface area contributed by atoms with Crippen molar-refractivity contribution in [3.05, 3.63) is 46.7 Å². The SMILES string of the molecule is N#CC(C(=O)NCc1ccccc1)=C(O)Cl. The van der Waals surface area contributed by atoms with Crippen LogP contribution in [0.3, 0.4) is 0 Å². The number of amides is 1. The number of nitrogens with zero attached hydrogens (tertiary/aromatic N) is 1. The Balaban J connectivity index is 2.61. The van der Waals surface area contributed by atoms with Crippen molar-refractivity contribution in [1.82, 2.24) is 5.32 Å². The van der Waals surface area contributed by atoms with Gasteiger partial charge in [0.1, 0.15) is 6.07 Å². The molecule has 0 spiro atoms. The number of nitrogens with one attached hydrogen (secondary N) is 1. The van der Waals surface area contributed by atoms with E-state index < -0.39 is 16.7 Å². The van der Waals surface area contributed by atoms with Crippen molar-refractivity contribution < 1.29 is 9.90 Å². The second kappa shape index (κ2) is 5.79. The van der Waals surface area contributed by atoms with Crippen LogP contribution in [-0.4, -0.2) is 11.0 Å². The number of aliphatic hydroxyl groups is 1. The zero-order valence-corrected chi connectivity index (χ0v) is 9.03. The van der Waals surface area contributed by atoms with Crippen LogP contribution in [0.15, 0.2) is 41.1 Å². The summed E-state index contributed by atoms with van der Waals surface area (Å²) in [6, 6.07) is 10.7. The molecule has 0 aliphatic carbocycles. The molecule has 0 fully saturated rings. The number of carbonyl (C=O) groups excluding carboxylic acids is 1. The van der Waals surface area contributed by atoms with Crippen LogP contribution in [0.1, 0.15) is 5.56 Å². The number of aliphatic hydroxyl groups excluding tert-OH is 1. The summed E-state index contributed by atoms with van der Waals surface area (Å²) < 4.78 is 0. The molecule has 5 heteroatoms. The molecule has 0 aliphatic rings. The molecular formula is C11H9ClN2O2. The summed E-state index contributed by atoms with van der Waals surface area (Å²) in [7, 11) is 0. The van der Waals surface area contributed by atoms with Gasteiger partial charge in [-0.1, -0.05) is 30.3 Å². The molecule has 0 saturated heterocycles. The maximum absolute atomic E-state index is 11.4. The molecular weight excluding hydrogens is 228 g/mol. The van der Waals surface area contributed by atoms with E-state index in [1.807, 2.05) is 30.3 Å². The summed E-state index contributed by atoms with van der Waals surface area (Å²) >= 11 is 5.17. The predicted molar refractivity (Wildman–Crippen MR) is 59.4 cm³/mol. The summed E-state index contributed by atoms with van der Waals surface area (Å²) in [6.07, 6.45) is 0. The molecule has 1 rings (SSSR count). The van der Waals surface area contributed by atoms with E-state index in [1.54, 1.807) is 0 Å². The zero-order valence-electron chi connectivity index (χ0n) is 8.27. The molecule has 82 valence electrons. The lowest BCUT2D eigenvalue weighted by Crippen LogP contribution is -2.24. The minimum atomic E-state index is -0.798. The fourth-order valence-electron chi connectivity index (χ4n) is 1.06. The quantitative estimate of drug-likeness (QED) is 0.478. The molecule has 1 amide bonds. The molecule has 0 bridgehead atoms.